The summed E-state index contributed by atoms with van der Waals surface area (Å²) in [5, 5.41) is 9.81. The normalized spacial score (nSPS) is 11.1. The van der Waals surface area contributed by atoms with Gasteiger partial charge < -0.3 is 14.2 Å². The number of pyridine rings is 3. The van der Waals surface area contributed by atoms with Crippen LogP contribution in [0.3, 0.4) is 0 Å². The van der Waals surface area contributed by atoms with Gasteiger partial charge in [-0.25, -0.2) is 4.57 Å². The number of ether oxygens (including phenoxy) is 3. The molecule has 0 atom stereocenters. The molecule has 0 saturated carbocycles. The second-order valence-corrected chi connectivity index (χ2v) is 12.9. The minimum atomic E-state index is -0.441. The van der Waals surface area contributed by atoms with Crippen LogP contribution in [0.2, 0.25) is 5.02 Å². The van der Waals surface area contributed by atoms with Crippen LogP contribution in [0, 0.1) is 0 Å². The summed E-state index contributed by atoms with van der Waals surface area (Å²) < 4.78 is 21.4. The molecule has 1 aromatic carbocycles. The van der Waals surface area contributed by atoms with Crippen molar-refractivity contribution in [2.45, 2.75) is 84.2 Å². The molecule has 0 saturated heterocycles. The Morgan fingerprint density at radius 2 is 1.59 bits per heavy atom. The van der Waals surface area contributed by atoms with E-state index in [4.69, 9.17) is 25.8 Å². The quantitative estimate of drug-likeness (QED) is 0.0307. The van der Waals surface area contributed by atoms with E-state index in [1.807, 2.05) is 30.7 Å². The lowest BCUT2D eigenvalue weighted by Crippen LogP contribution is -2.33. The van der Waals surface area contributed by atoms with Crippen molar-refractivity contribution < 1.29 is 23.6 Å². The van der Waals surface area contributed by atoms with Crippen LogP contribution >= 0.6 is 24.0 Å². The first kappa shape index (κ1) is 39.8. The van der Waals surface area contributed by atoms with Gasteiger partial charge in [-0.1, -0.05) is 29.3 Å². The molecule has 4 aromatic heterocycles. The number of fused-ring (bicyclic) bond motifs is 1. The standard InChI is InChI=1S/C39H48ClN6O4.ClH/c1-31(47)50-39-35(27-36(40)34-17-9-19-42-38(34)39)37-30-46(44-43-37)22-5-7-24-49-26-12-16-33-14-10-21-45(29-33)20-4-2-3-6-23-48-25-11-15-32-13-8-18-41-28-32;/h8-10,13-14,17-19,21,27-30H,2-7,11-12,15-16,20,22-26H2,1H3;1H/q+1;. The highest BCUT2D eigenvalue weighted by molar-refractivity contribution is 6.36. The zero-order valence-corrected chi connectivity index (χ0v) is 31.0. The van der Waals surface area contributed by atoms with E-state index in [2.05, 4.69) is 55.4 Å². The SMILES string of the molecule is CC(=O)Oc1c(-c2cn(CCCCOCCCc3ccc[n+](CCCCCCOCCCc4cccnc4)c3)nn2)cc(Cl)c2cccnc12.Cl. The fourth-order valence-electron chi connectivity index (χ4n) is 5.84. The average Bonchev–Trinajstić information content (AvgIpc) is 3.60. The van der Waals surface area contributed by atoms with Crippen molar-refractivity contribution >= 4 is 40.9 Å². The zero-order chi connectivity index (χ0) is 34.8. The number of aromatic nitrogens is 6. The molecular weight excluding hydrogens is 687 g/mol. The highest BCUT2D eigenvalue weighted by Gasteiger charge is 2.19. The molecule has 0 N–H and O–H groups in total. The number of esters is 1. The van der Waals surface area contributed by atoms with Crippen molar-refractivity contribution in [2.75, 3.05) is 26.4 Å². The topological polar surface area (TPSA) is 105 Å². The van der Waals surface area contributed by atoms with E-state index in [1.54, 1.807) is 23.0 Å². The number of halogens is 2. The monoisotopic (exact) mass is 735 g/mol. The van der Waals surface area contributed by atoms with Gasteiger partial charge in [0.15, 0.2) is 18.1 Å². The molecule has 51 heavy (non-hydrogen) atoms. The molecule has 5 rings (SSSR count). The molecule has 0 spiro atoms. The molecule has 0 aliphatic carbocycles. The summed E-state index contributed by atoms with van der Waals surface area (Å²) in [6, 6.07) is 13.8. The third-order valence-corrected chi connectivity index (χ3v) is 8.70. The molecule has 272 valence electrons. The van der Waals surface area contributed by atoms with Crippen molar-refractivity contribution in [3.8, 4) is 17.0 Å². The minimum absolute atomic E-state index is 0. The Morgan fingerprint density at radius 3 is 2.37 bits per heavy atom. The van der Waals surface area contributed by atoms with Gasteiger partial charge in [-0.15, -0.1) is 17.5 Å². The first-order valence-electron chi connectivity index (χ1n) is 17.8. The predicted octanol–water partition coefficient (Wildman–Crippen LogP) is 7.82. The first-order chi connectivity index (χ1) is 24.6. The van der Waals surface area contributed by atoms with Crippen LogP contribution in [0.5, 0.6) is 5.75 Å². The number of carbonyl (C=O) groups is 1. The fourth-order valence-corrected chi connectivity index (χ4v) is 6.11. The van der Waals surface area contributed by atoms with Gasteiger partial charge in [0.2, 0.25) is 0 Å². The summed E-state index contributed by atoms with van der Waals surface area (Å²) in [6.45, 7) is 6.22. The zero-order valence-electron chi connectivity index (χ0n) is 29.4. The predicted molar refractivity (Wildman–Crippen MR) is 201 cm³/mol. The van der Waals surface area contributed by atoms with Crippen molar-refractivity contribution in [3.63, 3.8) is 0 Å². The third kappa shape index (κ3) is 13.3. The van der Waals surface area contributed by atoms with Crippen molar-refractivity contribution in [3.05, 3.63) is 95.8 Å². The van der Waals surface area contributed by atoms with Gasteiger partial charge in [0.1, 0.15) is 17.8 Å². The number of aryl methyl sites for hydroxylation is 4. The molecule has 4 heterocycles. The van der Waals surface area contributed by atoms with Gasteiger partial charge in [0.25, 0.3) is 0 Å². The Hall–Kier alpha value is -3.96. The smallest absolute Gasteiger partial charge is 0.308 e. The number of nitrogens with zero attached hydrogens (tertiary/aromatic N) is 6. The Labute approximate surface area is 311 Å². The van der Waals surface area contributed by atoms with E-state index in [1.165, 1.54) is 37.3 Å². The van der Waals surface area contributed by atoms with Gasteiger partial charge in [0.05, 0.1) is 16.8 Å². The lowest BCUT2D eigenvalue weighted by atomic mass is 10.1. The van der Waals surface area contributed by atoms with Gasteiger partial charge >= 0.3 is 5.97 Å². The molecule has 0 amide bonds. The molecule has 0 bridgehead atoms. The van der Waals surface area contributed by atoms with Crippen molar-refractivity contribution in [2.24, 2.45) is 0 Å². The first-order valence-corrected chi connectivity index (χ1v) is 18.1. The minimum Gasteiger partial charge on any atom is -0.424 e. The Bertz CT molecular complexity index is 1770. The van der Waals surface area contributed by atoms with E-state index >= 15 is 0 Å². The lowest BCUT2D eigenvalue weighted by Gasteiger charge is -2.11. The van der Waals surface area contributed by atoms with E-state index in [0.29, 0.717) is 46.1 Å². The molecule has 0 aliphatic heterocycles. The van der Waals surface area contributed by atoms with E-state index in [0.717, 1.165) is 71.3 Å². The molecule has 5 aromatic rings. The second kappa shape index (κ2) is 22.1. The largest absolute Gasteiger partial charge is 0.424 e. The Morgan fingerprint density at radius 1 is 0.863 bits per heavy atom. The molecule has 12 heteroatoms. The lowest BCUT2D eigenvalue weighted by molar-refractivity contribution is -0.697. The maximum atomic E-state index is 11.9. The van der Waals surface area contributed by atoms with Crippen LogP contribution in [0.25, 0.3) is 22.2 Å². The van der Waals surface area contributed by atoms with Crippen LogP contribution in [0.15, 0.2) is 79.6 Å². The summed E-state index contributed by atoms with van der Waals surface area (Å²) in [5.74, 6) is -0.108. The van der Waals surface area contributed by atoms with E-state index in [9.17, 15) is 4.79 Å². The molecular formula is C39H49Cl2N6O4+. The third-order valence-electron chi connectivity index (χ3n) is 8.39. The number of unbranched alkanes of at least 4 members (excludes halogenated alkanes) is 4. The number of benzene rings is 1. The summed E-state index contributed by atoms with van der Waals surface area (Å²) in [7, 11) is 0. The number of carbonyl (C=O) groups excluding carboxylic acids is 1. The molecule has 0 unspecified atom stereocenters. The number of hydrogen-bond acceptors (Lipinski definition) is 8. The number of rotatable bonds is 22. The highest BCUT2D eigenvalue weighted by atomic mass is 35.5. The van der Waals surface area contributed by atoms with Crippen LogP contribution < -0.4 is 9.30 Å². The molecule has 0 fully saturated rings. The van der Waals surface area contributed by atoms with E-state index in [-0.39, 0.29) is 12.4 Å². The van der Waals surface area contributed by atoms with Crippen LogP contribution in [0.1, 0.15) is 69.4 Å². The Kier molecular flexibility index (Phi) is 17.2. The Balaban J connectivity index is 0.00000583. The fraction of sp³-hybridized carbons (Fsp3) is 0.436. The van der Waals surface area contributed by atoms with Gasteiger partial charge in [0, 0.05) is 81.9 Å². The summed E-state index contributed by atoms with van der Waals surface area (Å²) in [4.78, 5) is 20.4. The van der Waals surface area contributed by atoms with Crippen LogP contribution in [-0.4, -0.2) is 57.4 Å². The van der Waals surface area contributed by atoms with Crippen LogP contribution in [-0.2, 0) is 40.2 Å². The summed E-state index contributed by atoms with van der Waals surface area (Å²) in [5.41, 5.74) is 4.28. The highest BCUT2D eigenvalue weighted by Crippen LogP contribution is 2.39. The summed E-state index contributed by atoms with van der Waals surface area (Å²) in [6.07, 6.45) is 22.3. The van der Waals surface area contributed by atoms with Gasteiger partial charge in [-0.05, 0) is 87.3 Å². The maximum absolute atomic E-state index is 11.9. The van der Waals surface area contributed by atoms with Crippen LogP contribution in [0.4, 0.5) is 0 Å². The molecule has 0 aliphatic rings. The van der Waals surface area contributed by atoms with Crippen molar-refractivity contribution in [1.29, 1.82) is 0 Å². The molecule has 10 nitrogen and oxygen atoms in total. The maximum Gasteiger partial charge on any atom is 0.308 e. The molecule has 0 radical (unpaired) electrons. The summed E-state index contributed by atoms with van der Waals surface area (Å²) >= 11 is 6.53. The van der Waals surface area contributed by atoms with Gasteiger partial charge in [-0.2, -0.15) is 0 Å². The average molecular weight is 737 g/mol. The van der Waals surface area contributed by atoms with E-state index < -0.39 is 5.97 Å². The number of hydrogen-bond donors (Lipinski definition) is 0. The van der Waals surface area contributed by atoms with Crippen molar-refractivity contribution in [1.82, 2.24) is 25.0 Å². The van der Waals surface area contributed by atoms with Gasteiger partial charge in [-0.3, -0.25) is 19.4 Å². The second-order valence-electron chi connectivity index (χ2n) is 12.5.